The number of carbonyl (C=O) groups excluding carboxylic acids is 1. The van der Waals surface area contributed by atoms with Crippen LogP contribution in [0.15, 0.2) is 60.7 Å². The molecule has 0 fully saturated rings. The van der Waals surface area contributed by atoms with Gasteiger partial charge in [-0.1, -0.05) is 36.4 Å². The number of para-hydroxylation sites is 2. The Morgan fingerprint density at radius 1 is 1.00 bits per heavy atom. The van der Waals surface area contributed by atoms with Crippen molar-refractivity contribution < 1.29 is 4.79 Å². The van der Waals surface area contributed by atoms with Crippen LogP contribution in [0, 0.1) is 0 Å². The van der Waals surface area contributed by atoms with E-state index in [1.54, 1.807) is 0 Å². The Bertz CT molecular complexity index is 511. The van der Waals surface area contributed by atoms with Crippen molar-refractivity contribution in [3.8, 4) is 0 Å². The van der Waals surface area contributed by atoms with Crippen LogP contribution in [-0.4, -0.2) is 19.0 Å². The minimum Gasteiger partial charge on any atom is -0.362 e. The Morgan fingerprint density at radius 3 is 2.16 bits per heavy atom. The smallest absolute Gasteiger partial charge is 0.243 e. The number of amides is 1. The third kappa shape index (κ3) is 3.85. The highest BCUT2D eigenvalue weighted by molar-refractivity contribution is 5.94. The molecule has 19 heavy (non-hydrogen) atoms. The summed E-state index contributed by atoms with van der Waals surface area (Å²) in [4.78, 5) is 14.0. The number of likely N-dealkylation sites (N-methyl/N-ethyl adjacent to an activating group) is 1. The van der Waals surface area contributed by atoms with E-state index < -0.39 is 0 Å². The fraction of sp³-hybridized carbons (Fsp3) is 0.188. The summed E-state index contributed by atoms with van der Waals surface area (Å²) in [6.45, 7) is 3.20. The molecule has 2 aromatic rings. The predicted molar refractivity (Wildman–Crippen MR) is 79.4 cm³/mol. The first-order valence-electron chi connectivity index (χ1n) is 6.44. The van der Waals surface area contributed by atoms with E-state index in [1.807, 2.05) is 72.5 Å². The van der Waals surface area contributed by atoms with Crippen molar-refractivity contribution in [1.29, 1.82) is 0 Å². The molecule has 0 atom stereocenters. The molecule has 0 aliphatic carbocycles. The Labute approximate surface area is 113 Å². The van der Waals surface area contributed by atoms with Gasteiger partial charge < -0.3 is 10.2 Å². The van der Waals surface area contributed by atoms with Gasteiger partial charge in [-0.25, -0.2) is 0 Å². The second-order valence-corrected chi connectivity index (χ2v) is 4.26. The fourth-order valence-electron chi connectivity index (χ4n) is 1.92. The number of carbonyl (C=O) groups is 1. The molecule has 1 amide bonds. The Balaban J connectivity index is 1.97. The van der Waals surface area contributed by atoms with Crippen LogP contribution >= 0.6 is 0 Å². The molecule has 0 radical (unpaired) electrons. The van der Waals surface area contributed by atoms with Gasteiger partial charge in [-0.05, 0) is 31.2 Å². The summed E-state index contributed by atoms with van der Waals surface area (Å²) in [6.07, 6.45) is 0. The van der Waals surface area contributed by atoms with Crippen molar-refractivity contribution in [2.75, 3.05) is 23.3 Å². The first kappa shape index (κ1) is 13.1. The number of rotatable bonds is 5. The standard InChI is InChI=1S/C16H18N2O/c1-2-18(15-11-7-4-8-12-15)13-16(19)17-14-9-5-3-6-10-14/h3-12H,2,13H2,1H3,(H,17,19). The minimum atomic E-state index is -0.00287. The van der Waals surface area contributed by atoms with E-state index in [1.165, 1.54) is 0 Å². The van der Waals surface area contributed by atoms with Crippen LogP contribution in [-0.2, 0) is 4.79 Å². The van der Waals surface area contributed by atoms with E-state index in [0.29, 0.717) is 6.54 Å². The van der Waals surface area contributed by atoms with Crippen molar-refractivity contribution in [3.05, 3.63) is 60.7 Å². The molecule has 0 aliphatic rings. The lowest BCUT2D eigenvalue weighted by atomic mass is 10.2. The number of hydrogen-bond acceptors (Lipinski definition) is 2. The van der Waals surface area contributed by atoms with Crippen LogP contribution < -0.4 is 10.2 Å². The van der Waals surface area contributed by atoms with Crippen molar-refractivity contribution in [1.82, 2.24) is 0 Å². The molecule has 0 aliphatic heterocycles. The molecule has 0 saturated heterocycles. The van der Waals surface area contributed by atoms with E-state index in [9.17, 15) is 4.79 Å². The molecular weight excluding hydrogens is 236 g/mol. The van der Waals surface area contributed by atoms with E-state index in [2.05, 4.69) is 5.32 Å². The SMILES string of the molecule is CCN(CC(=O)Nc1ccccc1)c1ccccc1. The van der Waals surface area contributed by atoms with E-state index in [-0.39, 0.29) is 5.91 Å². The molecule has 0 unspecified atom stereocenters. The summed E-state index contributed by atoms with van der Waals surface area (Å²) >= 11 is 0. The van der Waals surface area contributed by atoms with Gasteiger partial charge in [0.1, 0.15) is 0 Å². The molecule has 0 saturated carbocycles. The Kier molecular flexibility index (Phi) is 4.56. The van der Waals surface area contributed by atoms with Crippen molar-refractivity contribution in [2.24, 2.45) is 0 Å². The van der Waals surface area contributed by atoms with Crippen LogP contribution in [0.2, 0.25) is 0 Å². The molecule has 98 valence electrons. The minimum absolute atomic E-state index is 0.00287. The molecular formula is C16H18N2O. The maximum absolute atomic E-state index is 12.0. The molecule has 1 N–H and O–H groups in total. The molecule has 3 heteroatoms. The van der Waals surface area contributed by atoms with Gasteiger partial charge in [-0.2, -0.15) is 0 Å². The Hall–Kier alpha value is -2.29. The van der Waals surface area contributed by atoms with Crippen molar-refractivity contribution >= 4 is 17.3 Å². The molecule has 2 aromatic carbocycles. The third-order valence-electron chi connectivity index (χ3n) is 2.90. The Morgan fingerprint density at radius 2 is 1.58 bits per heavy atom. The van der Waals surface area contributed by atoms with Crippen LogP contribution in [0.3, 0.4) is 0 Å². The van der Waals surface area contributed by atoms with Crippen LogP contribution in [0.25, 0.3) is 0 Å². The predicted octanol–water partition coefficient (Wildman–Crippen LogP) is 3.15. The van der Waals surface area contributed by atoms with Gasteiger partial charge in [0.15, 0.2) is 0 Å². The lowest BCUT2D eigenvalue weighted by Crippen LogP contribution is -2.33. The van der Waals surface area contributed by atoms with E-state index in [0.717, 1.165) is 17.9 Å². The zero-order valence-corrected chi connectivity index (χ0v) is 11.0. The van der Waals surface area contributed by atoms with Gasteiger partial charge in [0.25, 0.3) is 0 Å². The second-order valence-electron chi connectivity index (χ2n) is 4.26. The average Bonchev–Trinajstić information content (AvgIpc) is 2.47. The largest absolute Gasteiger partial charge is 0.362 e. The van der Waals surface area contributed by atoms with E-state index >= 15 is 0 Å². The zero-order valence-electron chi connectivity index (χ0n) is 11.0. The number of nitrogens with zero attached hydrogens (tertiary/aromatic N) is 1. The monoisotopic (exact) mass is 254 g/mol. The van der Waals surface area contributed by atoms with Crippen molar-refractivity contribution in [2.45, 2.75) is 6.92 Å². The van der Waals surface area contributed by atoms with Crippen LogP contribution in [0.5, 0.6) is 0 Å². The zero-order chi connectivity index (χ0) is 13.5. The third-order valence-corrected chi connectivity index (χ3v) is 2.90. The maximum atomic E-state index is 12.0. The first-order chi connectivity index (χ1) is 9.29. The van der Waals surface area contributed by atoms with Gasteiger partial charge in [0, 0.05) is 17.9 Å². The lowest BCUT2D eigenvalue weighted by Gasteiger charge is -2.22. The quantitative estimate of drug-likeness (QED) is 0.889. The molecule has 0 spiro atoms. The van der Waals surface area contributed by atoms with Gasteiger partial charge in [-0.15, -0.1) is 0 Å². The number of hydrogen-bond donors (Lipinski definition) is 1. The molecule has 0 bridgehead atoms. The summed E-state index contributed by atoms with van der Waals surface area (Å²) < 4.78 is 0. The molecule has 0 heterocycles. The van der Waals surface area contributed by atoms with Crippen LogP contribution in [0.1, 0.15) is 6.92 Å². The van der Waals surface area contributed by atoms with Gasteiger partial charge >= 0.3 is 0 Å². The molecule has 3 nitrogen and oxygen atoms in total. The average molecular weight is 254 g/mol. The highest BCUT2D eigenvalue weighted by atomic mass is 16.2. The summed E-state index contributed by atoms with van der Waals surface area (Å²) in [5, 5.41) is 2.90. The number of nitrogens with one attached hydrogen (secondary N) is 1. The van der Waals surface area contributed by atoms with Gasteiger partial charge in [-0.3, -0.25) is 4.79 Å². The fourth-order valence-corrected chi connectivity index (χ4v) is 1.92. The lowest BCUT2D eigenvalue weighted by molar-refractivity contribution is -0.115. The topological polar surface area (TPSA) is 32.3 Å². The van der Waals surface area contributed by atoms with Gasteiger partial charge in [0.2, 0.25) is 5.91 Å². The van der Waals surface area contributed by atoms with E-state index in [4.69, 9.17) is 0 Å². The first-order valence-corrected chi connectivity index (χ1v) is 6.44. The normalized spacial score (nSPS) is 9.95. The number of benzene rings is 2. The molecule has 2 rings (SSSR count). The summed E-state index contributed by atoms with van der Waals surface area (Å²) in [5.74, 6) is -0.00287. The summed E-state index contributed by atoms with van der Waals surface area (Å²) in [6, 6.07) is 19.5. The highest BCUT2D eigenvalue weighted by Gasteiger charge is 2.09. The summed E-state index contributed by atoms with van der Waals surface area (Å²) in [5.41, 5.74) is 1.89. The maximum Gasteiger partial charge on any atom is 0.243 e. The van der Waals surface area contributed by atoms with Crippen LogP contribution in [0.4, 0.5) is 11.4 Å². The summed E-state index contributed by atoms with van der Waals surface area (Å²) in [7, 11) is 0. The number of anilines is 2. The van der Waals surface area contributed by atoms with Gasteiger partial charge in [0.05, 0.1) is 6.54 Å². The van der Waals surface area contributed by atoms with Crippen molar-refractivity contribution in [3.63, 3.8) is 0 Å². The highest BCUT2D eigenvalue weighted by Crippen LogP contribution is 2.13. The molecule has 0 aromatic heterocycles. The second kappa shape index (κ2) is 6.59.